The molecule has 0 saturated heterocycles. The van der Waals surface area contributed by atoms with Crippen molar-refractivity contribution in [2.75, 3.05) is 11.9 Å². The summed E-state index contributed by atoms with van der Waals surface area (Å²) >= 11 is 0. The molecule has 0 saturated carbocycles. The van der Waals surface area contributed by atoms with Crippen LogP contribution < -0.4 is 10.6 Å². The SMILES string of the molecule is Cc1cc(C)c(NC(=O)NCCc2ccc(-n3cccn3)cc2)c(C)c1. The van der Waals surface area contributed by atoms with Crippen molar-refractivity contribution in [2.45, 2.75) is 27.2 Å². The van der Waals surface area contributed by atoms with Gasteiger partial charge >= 0.3 is 6.03 Å². The quantitative estimate of drug-likeness (QED) is 0.727. The van der Waals surface area contributed by atoms with Crippen LogP contribution in [0.15, 0.2) is 54.9 Å². The number of hydrogen-bond donors (Lipinski definition) is 2. The Morgan fingerprint density at radius 2 is 1.77 bits per heavy atom. The molecule has 0 aliphatic carbocycles. The second kappa shape index (κ2) is 7.87. The van der Waals surface area contributed by atoms with Crippen LogP contribution >= 0.6 is 0 Å². The van der Waals surface area contributed by atoms with Crippen LogP contribution in [0.4, 0.5) is 10.5 Å². The Labute approximate surface area is 154 Å². The zero-order chi connectivity index (χ0) is 18.5. The van der Waals surface area contributed by atoms with Gasteiger partial charge < -0.3 is 10.6 Å². The van der Waals surface area contributed by atoms with Crippen LogP contribution in [0, 0.1) is 20.8 Å². The Morgan fingerprint density at radius 3 is 2.38 bits per heavy atom. The lowest BCUT2D eigenvalue weighted by molar-refractivity contribution is 0.252. The Balaban J connectivity index is 1.51. The molecule has 26 heavy (non-hydrogen) atoms. The van der Waals surface area contributed by atoms with E-state index in [9.17, 15) is 4.79 Å². The fourth-order valence-electron chi connectivity index (χ4n) is 3.09. The monoisotopic (exact) mass is 348 g/mol. The number of aromatic nitrogens is 2. The van der Waals surface area contributed by atoms with Crippen molar-refractivity contribution >= 4 is 11.7 Å². The highest BCUT2D eigenvalue weighted by Gasteiger charge is 2.07. The summed E-state index contributed by atoms with van der Waals surface area (Å²) in [4.78, 5) is 12.2. The smallest absolute Gasteiger partial charge is 0.319 e. The highest BCUT2D eigenvalue weighted by Crippen LogP contribution is 2.21. The van der Waals surface area contributed by atoms with Crippen molar-refractivity contribution in [3.8, 4) is 5.69 Å². The first-order valence-corrected chi connectivity index (χ1v) is 8.74. The minimum atomic E-state index is -0.173. The van der Waals surface area contributed by atoms with Gasteiger partial charge in [0.2, 0.25) is 0 Å². The van der Waals surface area contributed by atoms with Gasteiger partial charge in [-0.15, -0.1) is 0 Å². The summed E-state index contributed by atoms with van der Waals surface area (Å²) in [7, 11) is 0. The Hall–Kier alpha value is -3.08. The number of carbonyl (C=O) groups is 1. The summed E-state index contributed by atoms with van der Waals surface area (Å²) in [5.74, 6) is 0. The molecular weight excluding hydrogens is 324 g/mol. The number of anilines is 1. The standard InChI is InChI=1S/C21H24N4O/c1-15-13-16(2)20(17(3)14-15)24-21(26)22-11-9-18-5-7-19(8-6-18)25-12-4-10-23-25/h4-8,10,12-14H,9,11H2,1-3H3,(H2,22,24,26). The normalized spacial score (nSPS) is 10.6. The number of carbonyl (C=O) groups excluding carboxylic acids is 1. The van der Waals surface area contributed by atoms with E-state index in [4.69, 9.17) is 0 Å². The molecule has 2 aromatic carbocycles. The Kier molecular flexibility index (Phi) is 5.37. The van der Waals surface area contributed by atoms with Crippen molar-refractivity contribution in [1.82, 2.24) is 15.1 Å². The number of nitrogens with zero attached hydrogens (tertiary/aromatic N) is 2. The van der Waals surface area contributed by atoms with E-state index in [1.165, 1.54) is 11.1 Å². The molecular formula is C21H24N4O. The topological polar surface area (TPSA) is 59.0 Å². The predicted octanol–water partition coefficient (Wildman–Crippen LogP) is 4.16. The van der Waals surface area contributed by atoms with Crippen LogP contribution in [0.3, 0.4) is 0 Å². The first kappa shape index (κ1) is 17.7. The molecule has 0 spiro atoms. The lowest BCUT2D eigenvalue weighted by Gasteiger charge is -2.13. The molecule has 2 N–H and O–H groups in total. The van der Waals surface area contributed by atoms with Gasteiger partial charge in [-0.2, -0.15) is 5.10 Å². The maximum atomic E-state index is 12.2. The van der Waals surface area contributed by atoms with E-state index in [-0.39, 0.29) is 6.03 Å². The minimum Gasteiger partial charge on any atom is -0.338 e. The van der Waals surface area contributed by atoms with Crippen LogP contribution in [0.25, 0.3) is 5.69 Å². The molecule has 0 bridgehead atoms. The Morgan fingerprint density at radius 1 is 1.08 bits per heavy atom. The van der Waals surface area contributed by atoms with Gasteiger partial charge in [-0.3, -0.25) is 0 Å². The van der Waals surface area contributed by atoms with E-state index in [0.29, 0.717) is 6.54 Å². The predicted molar refractivity (Wildman–Crippen MR) is 105 cm³/mol. The second-order valence-electron chi connectivity index (χ2n) is 6.52. The van der Waals surface area contributed by atoms with Crippen molar-refractivity contribution in [2.24, 2.45) is 0 Å². The molecule has 0 aliphatic rings. The second-order valence-corrected chi connectivity index (χ2v) is 6.52. The third kappa shape index (κ3) is 4.30. The van der Waals surface area contributed by atoms with Crippen LogP contribution in [-0.2, 0) is 6.42 Å². The third-order valence-corrected chi connectivity index (χ3v) is 4.32. The van der Waals surface area contributed by atoms with Gasteiger partial charge in [0.25, 0.3) is 0 Å². The molecule has 3 rings (SSSR count). The fraction of sp³-hybridized carbons (Fsp3) is 0.238. The van der Waals surface area contributed by atoms with Gasteiger partial charge in [0.05, 0.1) is 5.69 Å². The van der Waals surface area contributed by atoms with Crippen molar-refractivity contribution in [3.63, 3.8) is 0 Å². The summed E-state index contributed by atoms with van der Waals surface area (Å²) in [6, 6.07) is 14.0. The van der Waals surface area contributed by atoms with Gasteiger partial charge in [-0.1, -0.05) is 29.8 Å². The first-order valence-electron chi connectivity index (χ1n) is 8.74. The molecule has 1 heterocycles. The molecule has 0 aliphatic heterocycles. The summed E-state index contributed by atoms with van der Waals surface area (Å²) in [6.45, 7) is 6.66. The number of nitrogens with one attached hydrogen (secondary N) is 2. The van der Waals surface area contributed by atoms with Crippen molar-refractivity contribution < 1.29 is 4.79 Å². The zero-order valence-corrected chi connectivity index (χ0v) is 15.4. The summed E-state index contributed by atoms with van der Waals surface area (Å²) in [5, 5.41) is 10.1. The molecule has 0 fully saturated rings. The van der Waals surface area contributed by atoms with Crippen LogP contribution in [-0.4, -0.2) is 22.4 Å². The van der Waals surface area contributed by atoms with E-state index in [2.05, 4.69) is 46.9 Å². The number of rotatable bonds is 5. The van der Waals surface area contributed by atoms with Gasteiger partial charge in [0.15, 0.2) is 0 Å². The molecule has 134 valence electrons. The molecule has 0 unspecified atom stereocenters. The number of benzene rings is 2. The largest absolute Gasteiger partial charge is 0.338 e. The maximum Gasteiger partial charge on any atom is 0.319 e. The van der Waals surface area contributed by atoms with Crippen LogP contribution in [0.5, 0.6) is 0 Å². The van der Waals surface area contributed by atoms with Gasteiger partial charge in [0, 0.05) is 24.6 Å². The first-order chi connectivity index (χ1) is 12.5. The lowest BCUT2D eigenvalue weighted by Crippen LogP contribution is -2.31. The van der Waals surface area contributed by atoms with E-state index >= 15 is 0 Å². The summed E-state index contributed by atoms with van der Waals surface area (Å²) < 4.78 is 1.82. The van der Waals surface area contributed by atoms with Gasteiger partial charge in [0.1, 0.15) is 0 Å². The molecule has 5 nitrogen and oxygen atoms in total. The highest BCUT2D eigenvalue weighted by atomic mass is 16.2. The van der Waals surface area contributed by atoms with Crippen molar-refractivity contribution in [3.05, 3.63) is 77.1 Å². The fourth-order valence-corrected chi connectivity index (χ4v) is 3.09. The molecule has 5 heteroatoms. The summed E-state index contributed by atoms with van der Waals surface area (Å²) in [6.07, 6.45) is 4.45. The van der Waals surface area contributed by atoms with E-state index < -0.39 is 0 Å². The minimum absolute atomic E-state index is 0.173. The number of amides is 2. The van der Waals surface area contributed by atoms with E-state index in [0.717, 1.165) is 28.9 Å². The lowest BCUT2D eigenvalue weighted by atomic mass is 10.1. The van der Waals surface area contributed by atoms with Crippen LogP contribution in [0.2, 0.25) is 0 Å². The maximum absolute atomic E-state index is 12.2. The number of urea groups is 1. The average molecular weight is 348 g/mol. The van der Waals surface area contributed by atoms with E-state index in [1.807, 2.05) is 42.9 Å². The van der Waals surface area contributed by atoms with Gasteiger partial charge in [-0.05, 0) is 62.1 Å². The van der Waals surface area contributed by atoms with E-state index in [1.54, 1.807) is 6.20 Å². The van der Waals surface area contributed by atoms with Crippen molar-refractivity contribution in [1.29, 1.82) is 0 Å². The Bertz CT molecular complexity index is 860. The summed E-state index contributed by atoms with van der Waals surface area (Å²) in [5.41, 5.74) is 6.43. The number of hydrogen-bond acceptors (Lipinski definition) is 2. The molecule has 1 aromatic heterocycles. The molecule has 0 atom stereocenters. The average Bonchev–Trinajstić information content (AvgIpc) is 3.13. The van der Waals surface area contributed by atoms with Gasteiger partial charge in [-0.25, -0.2) is 9.48 Å². The molecule has 2 amide bonds. The molecule has 3 aromatic rings. The number of aryl methyl sites for hydroxylation is 3. The highest BCUT2D eigenvalue weighted by molar-refractivity contribution is 5.91. The third-order valence-electron chi connectivity index (χ3n) is 4.32. The zero-order valence-electron chi connectivity index (χ0n) is 15.4. The van der Waals surface area contributed by atoms with Crippen LogP contribution in [0.1, 0.15) is 22.3 Å². The molecule has 0 radical (unpaired) electrons.